The number of hydrogen-bond donors (Lipinski definition) is 0. The maximum atomic E-state index is 12.3. The van der Waals surface area contributed by atoms with E-state index in [4.69, 9.17) is 27.9 Å². The summed E-state index contributed by atoms with van der Waals surface area (Å²) in [6, 6.07) is 6.25. The molecule has 1 aromatic rings. The highest BCUT2D eigenvalue weighted by atomic mass is 35.5. The fraction of sp³-hybridized carbons (Fsp3) is 0.300. The van der Waals surface area contributed by atoms with Gasteiger partial charge in [0.05, 0.1) is 24.3 Å². The quantitative estimate of drug-likeness (QED) is 0.311. The second-order valence-electron chi connectivity index (χ2n) is 3.25. The highest BCUT2D eigenvalue weighted by molar-refractivity contribution is 8.15. The molecule has 0 heterocycles. The molecule has 0 amide bonds. The van der Waals surface area contributed by atoms with Crippen LogP contribution in [-0.2, 0) is 4.79 Å². The number of ether oxygens (including phenoxy) is 1. The van der Waals surface area contributed by atoms with Gasteiger partial charge in [0.15, 0.2) is 3.54 Å². The summed E-state index contributed by atoms with van der Waals surface area (Å²) in [7, 11) is 0. The van der Waals surface area contributed by atoms with Crippen molar-refractivity contribution in [2.75, 3.05) is 0 Å². The summed E-state index contributed by atoms with van der Waals surface area (Å²) < 4.78 is 27.8. The highest BCUT2D eigenvalue weighted by Crippen LogP contribution is 2.46. The van der Waals surface area contributed by atoms with Crippen molar-refractivity contribution in [2.45, 2.75) is 16.4 Å². The van der Waals surface area contributed by atoms with E-state index < -0.39 is 9.51 Å². The Bertz CT molecular complexity index is 417. The van der Waals surface area contributed by atoms with Gasteiger partial charge >= 0.3 is 5.97 Å². The summed E-state index contributed by atoms with van der Waals surface area (Å²) in [5.41, 5.74) is 0. The van der Waals surface area contributed by atoms with Gasteiger partial charge in [0.25, 0.3) is 0 Å². The fourth-order valence-corrected chi connectivity index (χ4v) is 1.78. The van der Waals surface area contributed by atoms with Crippen molar-refractivity contribution in [3.63, 3.8) is 0 Å². The van der Waals surface area contributed by atoms with E-state index in [1.165, 1.54) is 6.07 Å². The summed E-state index contributed by atoms with van der Waals surface area (Å²) in [5.74, 6) is -0.362. The number of benzene rings is 1. The van der Waals surface area contributed by atoms with Crippen molar-refractivity contribution in [2.24, 2.45) is 0 Å². The minimum Gasteiger partial charge on any atom is -0.426 e. The van der Waals surface area contributed by atoms with Crippen molar-refractivity contribution < 1.29 is 17.3 Å². The number of carbonyl (C=O) groups is 1. The Labute approximate surface area is 122 Å². The zero-order chi connectivity index (χ0) is 13.6. The predicted molar refractivity (Wildman–Crippen MR) is 72.3 cm³/mol. The van der Waals surface area contributed by atoms with Crippen LogP contribution in [0.5, 0.6) is 5.75 Å². The zero-order valence-electron chi connectivity index (χ0n) is 8.87. The van der Waals surface area contributed by atoms with E-state index in [-0.39, 0.29) is 42.9 Å². The van der Waals surface area contributed by atoms with Gasteiger partial charge in [0.1, 0.15) is 5.75 Å². The molecule has 0 aromatic heterocycles. The normalized spacial score (nSPS) is 11.3. The molecule has 0 spiro atoms. The van der Waals surface area contributed by atoms with Gasteiger partial charge in [0.2, 0.25) is 0 Å². The molecule has 100 valence electrons. The minimum atomic E-state index is -1.80. The largest absolute Gasteiger partial charge is 0.426 e. The molecule has 0 unspecified atom stereocenters. The van der Waals surface area contributed by atoms with Crippen LogP contribution in [0.1, 0.15) is 12.8 Å². The average molecular weight is 333 g/mol. The fourth-order valence-electron chi connectivity index (χ4n) is 1.05. The van der Waals surface area contributed by atoms with E-state index in [1.807, 2.05) is 0 Å². The van der Waals surface area contributed by atoms with Crippen molar-refractivity contribution in [1.29, 1.82) is 0 Å². The standard InChI is InChI=1S/C10H8Cl2F2O2S2/c11-7-2-1-3-8(6-7)16-9(15)4-5-10(12,17-13)18-14/h1-3,6H,4-5H2. The predicted octanol–water partition coefficient (Wildman–Crippen LogP) is 5.15. The van der Waals surface area contributed by atoms with Crippen LogP contribution < -0.4 is 4.74 Å². The lowest BCUT2D eigenvalue weighted by molar-refractivity contribution is -0.134. The van der Waals surface area contributed by atoms with Crippen LogP contribution in [0, 0.1) is 0 Å². The molecule has 1 rings (SSSR count). The first-order valence-electron chi connectivity index (χ1n) is 4.74. The Morgan fingerprint density at radius 2 is 2.06 bits per heavy atom. The number of hydrogen-bond acceptors (Lipinski definition) is 4. The molecule has 0 N–H and O–H groups in total. The van der Waals surface area contributed by atoms with Gasteiger partial charge in [-0.05, 0) is 18.2 Å². The van der Waals surface area contributed by atoms with Gasteiger partial charge in [0, 0.05) is 17.9 Å². The number of halogens is 4. The van der Waals surface area contributed by atoms with Crippen molar-refractivity contribution >= 4 is 53.5 Å². The van der Waals surface area contributed by atoms with Gasteiger partial charge in [-0.1, -0.05) is 29.3 Å². The first-order valence-corrected chi connectivity index (χ1v) is 6.93. The number of esters is 1. The van der Waals surface area contributed by atoms with E-state index in [0.29, 0.717) is 5.02 Å². The lowest BCUT2D eigenvalue weighted by Gasteiger charge is -2.15. The van der Waals surface area contributed by atoms with Gasteiger partial charge in [-0.25, -0.2) is 0 Å². The molecule has 1 aromatic carbocycles. The molecule has 0 atom stereocenters. The number of alkyl halides is 1. The summed E-state index contributed by atoms with van der Waals surface area (Å²) in [6.07, 6.45) is -0.403. The molecule has 0 fully saturated rings. The lowest BCUT2D eigenvalue weighted by atomic mass is 10.3. The molecular formula is C10H8Cl2F2O2S2. The Kier molecular flexibility index (Phi) is 6.55. The maximum absolute atomic E-state index is 12.3. The van der Waals surface area contributed by atoms with Gasteiger partial charge < -0.3 is 4.74 Å². The van der Waals surface area contributed by atoms with Crippen molar-refractivity contribution in [3.05, 3.63) is 29.3 Å². The molecule has 0 saturated carbocycles. The first-order chi connectivity index (χ1) is 8.49. The second kappa shape index (κ2) is 7.43. The van der Waals surface area contributed by atoms with Crippen LogP contribution in [0.2, 0.25) is 5.02 Å². The number of carbonyl (C=O) groups excluding carboxylic acids is 1. The van der Waals surface area contributed by atoms with Crippen LogP contribution in [-0.4, -0.2) is 9.51 Å². The van der Waals surface area contributed by atoms with E-state index in [2.05, 4.69) is 0 Å². The van der Waals surface area contributed by atoms with Gasteiger partial charge in [-0.15, -0.1) is 0 Å². The van der Waals surface area contributed by atoms with E-state index in [9.17, 15) is 12.6 Å². The SMILES string of the molecule is O=C(CCC(Cl)(SF)SF)Oc1cccc(Cl)c1. The maximum Gasteiger partial charge on any atom is 0.311 e. The van der Waals surface area contributed by atoms with Gasteiger partial charge in [-0.2, -0.15) is 7.77 Å². The number of rotatable bonds is 6. The molecule has 0 aliphatic carbocycles. The highest BCUT2D eigenvalue weighted by Gasteiger charge is 2.32. The lowest BCUT2D eigenvalue weighted by Crippen LogP contribution is -2.14. The molecular weight excluding hydrogens is 325 g/mol. The molecule has 0 aliphatic rings. The van der Waals surface area contributed by atoms with Crippen LogP contribution >= 0.6 is 47.5 Å². The van der Waals surface area contributed by atoms with Crippen LogP contribution in [0.4, 0.5) is 7.77 Å². The smallest absolute Gasteiger partial charge is 0.311 e. The molecule has 0 saturated heterocycles. The Morgan fingerprint density at radius 3 is 2.61 bits per heavy atom. The molecule has 18 heavy (non-hydrogen) atoms. The third-order valence-corrected chi connectivity index (χ3v) is 3.91. The monoisotopic (exact) mass is 332 g/mol. The van der Waals surface area contributed by atoms with Crippen molar-refractivity contribution in [3.8, 4) is 5.75 Å². The Hall–Kier alpha value is -0.170. The first kappa shape index (κ1) is 15.9. The zero-order valence-corrected chi connectivity index (χ0v) is 12.0. The Balaban J connectivity index is 2.47. The molecule has 0 radical (unpaired) electrons. The second-order valence-corrected chi connectivity index (χ2v) is 6.74. The summed E-state index contributed by atoms with van der Waals surface area (Å²) in [6.45, 7) is 0. The summed E-state index contributed by atoms with van der Waals surface area (Å²) >= 11 is 10.5. The van der Waals surface area contributed by atoms with E-state index in [0.717, 1.165) is 0 Å². The third-order valence-electron chi connectivity index (χ3n) is 1.89. The molecule has 2 nitrogen and oxygen atoms in total. The van der Waals surface area contributed by atoms with Crippen LogP contribution in [0.15, 0.2) is 24.3 Å². The Morgan fingerprint density at radius 1 is 1.39 bits per heavy atom. The van der Waals surface area contributed by atoms with Crippen LogP contribution in [0.25, 0.3) is 0 Å². The molecule has 0 aliphatic heterocycles. The topological polar surface area (TPSA) is 26.3 Å². The van der Waals surface area contributed by atoms with Gasteiger partial charge in [-0.3, -0.25) is 4.79 Å². The van der Waals surface area contributed by atoms with E-state index in [1.54, 1.807) is 18.2 Å². The van der Waals surface area contributed by atoms with Crippen LogP contribution in [0.3, 0.4) is 0 Å². The molecule has 8 heteroatoms. The van der Waals surface area contributed by atoms with Crippen molar-refractivity contribution in [1.82, 2.24) is 0 Å². The molecule has 0 bridgehead atoms. The summed E-state index contributed by atoms with van der Waals surface area (Å²) in [4.78, 5) is 11.4. The summed E-state index contributed by atoms with van der Waals surface area (Å²) in [5, 5.41) is 0.422. The third kappa shape index (κ3) is 5.22. The van der Waals surface area contributed by atoms with E-state index >= 15 is 0 Å². The minimum absolute atomic E-state index is 0.198. The average Bonchev–Trinajstić information content (AvgIpc) is 2.36.